The van der Waals surface area contributed by atoms with E-state index in [1.807, 2.05) is 4.90 Å². The fourth-order valence-electron chi connectivity index (χ4n) is 5.19. The Bertz CT molecular complexity index is 623. The molecule has 0 saturated carbocycles. The summed E-state index contributed by atoms with van der Waals surface area (Å²) in [6.45, 7) is 10.3. The minimum Gasteiger partial charge on any atom is -0.340 e. The van der Waals surface area contributed by atoms with E-state index in [4.69, 9.17) is 0 Å². The summed E-state index contributed by atoms with van der Waals surface area (Å²) < 4.78 is 0. The maximum absolute atomic E-state index is 11.6. The van der Waals surface area contributed by atoms with Gasteiger partial charge in [0.1, 0.15) is 0 Å². The first kappa shape index (κ1) is 17.0. The average molecular weight is 341 g/mol. The number of piperazine rings is 1. The topological polar surface area (TPSA) is 26.8 Å². The van der Waals surface area contributed by atoms with Crippen molar-refractivity contribution in [3.8, 4) is 0 Å². The maximum Gasteiger partial charge on any atom is 0.219 e. The lowest BCUT2D eigenvalue weighted by Crippen LogP contribution is -2.53. The fraction of sp³-hybridized carbons (Fsp3) is 0.667. The van der Waals surface area contributed by atoms with E-state index < -0.39 is 0 Å². The molecule has 2 saturated heterocycles. The van der Waals surface area contributed by atoms with Crippen molar-refractivity contribution in [2.75, 3.05) is 39.3 Å². The van der Waals surface area contributed by atoms with Gasteiger partial charge in [-0.1, -0.05) is 31.2 Å². The predicted octanol–water partition coefficient (Wildman–Crippen LogP) is 2.55. The van der Waals surface area contributed by atoms with Crippen LogP contribution < -0.4 is 0 Å². The van der Waals surface area contributed by atoms with Crippen molar-refractivity contribution in [3.63, 3.8) is 0 Å². The number of carbonyl (C=O) groups excluding carboxylic acids is 1. The van der Waals surface area contributed by atoms with E-state index in [-0.39, 0.29) is 5.91 Å². The van der Waals surface area contributed by atoms with Crippen LogP contribution in [0.2, 0.25) is 0 Å². The zero-order chi connectivity index (χ0) is 17.4. The van der Waals surface area contributed by atoms with Crippen molar-refractivity contribution in [2.24, 2.45) is 5.92 Å². The zero-order valence-electron chi connectivity index (χ0n) is 15.7. The van der Waals surface area contributed by atoms with E-state index in [0.29, 0.717) is 18.0 Å². The van der Waals surface area contributed by atoms with Gasteiger partial charge < -0.3 is 4.90 Å². The number of aryl methyl sites for hydroxylation is 1. The standard InChI is InChI=1S/C21H31N3O/c1-16-14-24(20-9-5-7-18-6-3-4-8-19(18)20)15-21(16)23-12-10-22(11-13-23)17(2)25/h3-4,6,8,16,20-21H,5,7,9-15H2,1-2H3/t16-,20-,21-/m1/s1. The summed E-state index contributed by atoms with van der Waals surface area (Å²) in [4.78, 5) is 18.9. The molecule has 1 aromatic carbocycles. The molecular formula is C21H31N3O. The molecule has 1 aliphatic carbocycles. The molecule has 0 spiro atoms. The van der Waals surface area contributed by atoms with E-state index in [9.17, 15) is 4.79 Å². The summed E-state index contributed by atoms with van der Waals surface area (Å²) in [5.74, 6) is 0.928. The van der Waals surface area contributed by atoms with Crippen LogP contribution in [0.1, 0.15) is 43.9 Å². The summed E-state index contributed by atoms with van der Waals surface area (Å²) >= 11 is 0. The highest BCUT2D eigenvalue weighted by Crippen LogP contribution is 2.38. The molecule has 3 aliphatic rings. The second kappa shape index (κ2) is 7.08. The lowest BCUT2D eigenvalue weighted by atomic mass is 9.87. The Hall–Kier alpha value is -1.39. The lowest BCUT2D eigenvalue weighted by Gasteiger charge is -2.39. The van der Waals surface area contributed by atoms with Crippen LogP contribution in [0, 0.1) is 5.92 Å². The quantitative estimate of drug-likeness (QED) is 0.827. The van der Waals surface area contributed by atoms with E-state index in [0.717, 1.165) is 26.2 Å². The number of fused-ring (bicyclic) bond motifs is 1. The predicted molar refractivity (Wildman–Crippen MR) is 100 cm³/mol. The third kappa shape index (κ3) is 3.34. The summed E-state index contributed by atoms with van der Waals surface area (Å²) in [7, 11) is 0. The van der Waals surface area contributed by atoms with Crippen LogP contribution in [0.15, 0.2) is 24.3 Å². The molecule has 4 heteroatoms. The van der Waals surface area contributed by atoms with Gasteiger partial charge in [-0.25, -0.2) is 0 Å². The molecule has 136 valence electrons. The molecule has 0 aromatic heterocycles. The van der Waals surface area contributed by atoms with Gasteiger partial charge in [-0.15, -0.1) is 0 Å². The fourth-order valence-corrected chi connectivity index (χ4v) is 5.19. The Kier molecular flexibility index (Phi) is 4.83. The number of rotatable bonds is 2. The highest BCUT2D eigenvalue weighted by atomic mass is 16.2. The maximum atomic E-state index is 11.6. The number of amides is 1. The van der Waals surface area contributed by atoms with Crippen LogP contribution in [0.25, 0.3) is 0 Å². The van der Waals surface area contributed by atoms with Crippen LogP contribution in [-0.2, 0) is 11.2 Å². The largest absolute Gasteiger partial charge is 0.340 e. The molecular weight excluding hydrogens is 310 g/mol. The summed E-state index contributed by atoms with van der Waals surface area (Å²) in [6, 6.07) is 10.3. The summed E-state index contributed by atoms with van der Waals surface area (Å²) in [5, 5.41) is 0. The molecule has 2 heterocycles. The smallest absolute Gasteiger partial charge is 0.219 e. The number of hydrogen-bond donors (Lipinski definition) is 0. The lowest BCUT2D eigenvalue weighted by molar-refractivity contribution is -0.130. The highest BCUT2D eigenvalue weighted by Gasteiger charge is 2.39. The first-order valence-corrected chi connectivity index (χ1v) is 9.95. The van der Waals surface area contributed by atoms with E-state index in [1.54, 1.807) is 18.1 Å². The van der Waals surface area contributed by atoms with Crippen molar-refractivity contribution in [1.82, 2.24) is 14.7 Å². The molecule has 3 atom stereocenters. The molecule has 0 N–H and O–H groups in total. The minimum atomic E-state index is 0.222. The normalized spacial score (nSPS) is 31.1. The van der Waals surface area contributed by atoms with Gasteiger partial charge in [0.25, 0.3) is 0 Å². The molecule has 1 amide bonds. The van der Waals surface area contributed by atoms with Gasteiger partial charge in [-0.3, -0.25) is 14.6 Å². The highest BCUT2D eigenvalue weighted by molar-refractivity contribution is 5.73. The SMILES string of the molecule is CC(=O)N1CCN([C@@H]2CN([C@@H]3CCCc4ccccc43)C[C@H]2C)CC1. The molecule has 4 rings (SSSR count). The molecule has 2 fully saturated rings. The monoisotopic (exact) mass is 341 g/mol. The van der Waals surface area contributed by atoms with E-state index >= 15 is 0 Å². The molecule has 2 aliphatic heterocycles. The van der Waals surface area contributed by atoms with Crippen molar-refractivity contribution < 1.29 is 4.79 Å². The van der Waals surface area contributed by atoms with Crippen molar-refractivity contribution in [3.05, 3.63) is 35.4 Å². The van der Waals surface area contributed by atoms with Gasteiger partial charge in [0.2, 0.25) is 5.91 Å². The van der Waals surface area contributed by atoms with Crippen LogP contribution in [0.5, 0.6) is 0 Å². The van der Waals surface area contributed by atoms with Gasteiger partial charge in [-0.2, -0.15) is 0 Å². The Morgan fingerprint density at radius 2 is 1.80 bits per heavy atom. The van der Waals surface area contributed by atoms with Crippen LogP contribution in [0.3, 0.4) is 0 Å². The van der Waals surface area contributed by atoms with Crippen molar-refractivity contribution in [2.45, 2.75) is 45.2 Å². The van der Waals surface area contributed by atoms with E-state index in [2.05, 4.69) is 41.0 Å². The molecule has 1 aromatic rings. The van der Waals surface area contributed by atoms with Crippen LogP contribution in [0.4, 0.5) is 0 Å². The number of nitrogens with zero attached hydrogens (tertiary/aromatic N) is 3. The van der Waals surface area contributed by atoms with Crippen LogP contribution >= 0.6 is 0 Å². The Balaban J connectivity index is 1.43. The Morgan fingerprint density at radius 1 is 1.04 bits per heavy atom. The van der Waals surface area contributed by atoms with Gasteiger partial charge in [0.05, 0.1) is 0 Å². The zero-order valence-corrected chi connectivity index (χ0v) is 15.7. The number of hydrogen-bond acceptors (Lipinski definition) is 3. The summed E-state index contributed by atoms with van der Waals surface area (Å²) in [5.41, 5.74) is 3.13. The van der Waals surface area contributed by atoms with Crippen LogP contribution in [-0.4, -0.2) is 65.9 Å². The van der Waals surface area contributed by atoms with E-state index in [1.165, 1.54) is 32.4 Å². The number of carbonyl (C=O) groups is 1. The average Bonchev–Trinajstić information content (AvgIpc) is 3.03. The second-order valence-corrected chi connectivity index (χ2v) is 8.15. The van der Waals surface area contributed by atoms with Gasteiger partial charge in [0, 0.05) is 58.3 Å². The van der Waals surface area contributed by atoms with Gasteiger partial charge >= 0.3 is 0 Å². The van der Waals surface area contributed by atoms with Gasteiger partial charge in [-0.05, 0) is 36.3 Å². The first-order chi connectivity index (χ1) is 12.1. The third-order valence-corrected chi connectivity index (χ3v) is 6.61. The third-order valence-electron chi connectivity index (χ3n) is 6.61. The molecule has 4 nitrogen and oxygen atoms in total. The first-order valence-electron chi connectivity index (χ1n) is 9.95. The van der Waals surface area contributed by atoms with Crippen molar-refractivity contribution in [1.29, 1.82) is 0 Å². The summed E-state index contributed by atoms with van der Waals surface area (Å²) in [6.07, 6.45) is 3.86. The second-order valence-electron chi connectivity index (χ2n) is 8.15. The minimum absolute atomic E-state index is 0.222. The number of benzene rings is 1. The molecule has 0 unspecified atom stereocenters. The molecule has 0 radical (unpaired) electrons. The van der Waals surface area contributed by atoms with Crippen molar-refractivity contribution >= 4 is 5.91 Å². The Labute approximate surface area is 151 Å². The molecule has 25 heavy (non-hydrogen) atoms. The molecule has 0 bridgehead atoms. The Morgan fingerprint density at radius 3 is 2.56 bits per heavy atom. The van der Waals surface area contributed by atoms with Gasteiger partial charge in [0.15, 0.2) is 0 Å². The number of likely N-dealkylation sites (tertiary alicyclic amines) is 1.